The maximum atomic E-state index is 10.7. The molecule has 0 amide bonds. The highest BCUT2D eigenvalue weighted by Gasteiger charge is 2.19. The van der Waals surface area contributed by atoms with Crippen molar-refractivity contribution in [2.24, 2.45) is 0 Å². The van der Waals surface area contributed by atoms with E-state index in [2.05, 4.69) is 14.8 Å². The second kappa shape index (κ2) is 6.95. The summed E-state index contributed by atoms with van der Waals surface area (Å²) in [5.74, 6) is -0.833. The molecule has 0 aliphatic carbocycles. The number of rotatable bonds is 6. The summed E-state index contributed by atoms with van der Waals surface area (Å²) in [7, 11) is 0. The quantitative estimate of drug-likeness (QED) is 0.759. The molecular weight excluding hydrogens is 266 g/mol. The van der Waals surface area contributed by atoms with Crippen molar-refractivity contribution >= 4 is 17.3 Å². The van der Waals surface area contributed by atoms with E-state index in [0.717, 1.165) is 44.1 Å². The van der Waals surface area contributed by atoms with Gasteiger partial charge >= 0.3 is 5.97 Å². The number of aliphatic hydroxyl groups excluding tert-OH is 1. The summed E-state index contributed by atoms with van der Waals surface area (Å²) < 4.78 is 0. The molecule has 2 rings (SSSR count). The van der Waals surface area contributed by atoms with E-state index in [-0.39, 0.29) is 13.0 Å². The predicted octanol–water partition coefficient (Wildman–Crippen LogP) is -0.120. The molecular formula is C12H19N3O3S. The molecule has 0 unspecified atom stereocenters. The Bertz CT molecular complexity index is 416. The molecule has 0 bridgehead atoms. The van der Waals surface area contributed by atoms with Gasteiger partial charge in [-0.3, -0.25) is 14.6 Å². The molecule has 2 N–H and O–H groups in total. The topological polar surface area (TPSA) is 76.9 Å². The number of aliphatic carboxylic acids is 1. The van der Waals surface area contributed by atoms with Crippen LogP contribution in [0.1, 0.15) is 10.6 Å². The van der Waals surface area contributed by atoms with Crippen molar-refractivity contribution in [1.29, 1.82) is 0 Å². The molecule has 0 atom stereocenters. The van der Waals surface area contributed by atoms with Crippen LogP contribution >= 0.6 is 11.3 Å². The number of β-amino-alcohol motifs (C(OH)–C–C–N with tert-alkyl or cyclic N) is 1. The average molecular weight is 285 g/mol. The van der Waals surface area contributed by atoms with Gasteiger partial charge in [0.1, 0.15) is 0 Å². The molecule has 1 aliphatic heterocycles. The van der Waals surface area contributed by atoms with Crippen LogP contribution in [0.5, 0.6) is 0 Å². The van der Waals surface area contributed by atoms with Crippen molar-refractivity contribution in [1.82, 2.24) is 14.8 Å². The maximum Gasteiger partial charge on any atom is 0.309 e. The van der Waals surface area contributed by atoms with Gasteiger partial charge in [-0.15, -0.1) is 11.3 Å². The van der Waals surface area contributed by atoms with Crippen LogP contribution in [0.4, 0.5) is 0 Å². The zero-order chi connectivity index (χ0) is 13.7. The third-order valence-corrected chi connectivity index (χ3v) is 4.15. The zero-order valence-electron chi connectivity index (χ0n) is 10.8. The Morgan fingerprint density at radius 2 is 2.00 bits per heavy atom. The first-order chi connectivity index (χ1) is 9.19. The van der Waals surface area contributed by atoms with E-state index in [4.69, 9.17) is 10.2 Å². The Morgan fingerprint density at radius 1 is 1.32 bits per heavy atom. The van der Waals surface area contributed by atoms with Crippen LogP contribution in [0.25, 0.3) is 0 Å². The van der Waals surface area contributed by atoms with Gasteiger partial charge in [0.05, 0.1) is 24.2 Å². The molecule has 106 valence electrons. The lowest BCUT2D eigenvalue weighted by Gasteiger charge is -2.34. The van der Waals surface area contributed by atoms with E-state index in [0.29, 0.717) is 5.69 Å². The van der Waals surface area contributed by atoms with Crippen molar-refractivity contribution in [3.8, 4) is 0 Å². The fraction of sp³-hybridized carbons (Fsp3) is 0.667. The van der Waals surface area contributed by atoms with E-state index in [9.17, 15) is 4.79 Å². The number of piperazine rings is 1. The Kier molecular flexibility index (Phi) is 5.26. The number of aliphatic hydroxyl groups is 1. The van der Waals surface area contributed by atoms with Crippen LogP contribution in [0.3, 0.4) is 0 Å². The smallest absolute Gasteiger partial charge is 0.309 e. The van der Waals surface area contributed by atoms with Gasteiger partial charge in [0.2, 0.25) is 0 Å². The SMILES string of the molecule is O=C(O)Cc1ncsc1CN1CCN(CCO)CC1. The number of carboxylic acid groups (broad SMARTS) is 1. The molecule has 2 heterocycles. The van der Waals surface area contributed by atoms with E-state index in [1.54, 1.807) is 5.51 Å². The summed E-state index contributed by atoms with van der Waals surface area (Å²) in [6.07, 6.45) is 0.00328. The zero-order valence-corrected chi connectivity index (χ0v) is 11.6. The van der Waals surface area contributed by atoms with E-state index >= 15 is 0 Å². The highest BCUT2D eigenvalue weighted by molar-refractivity contribution is 7.09. The number of nitrogens with zero attached hydrogens (tertiary/aromatic N) is 3. The maximum absolute atomic E-state index is 10.7. The molecule has 7 heteroatoms. The van der Waals surface area contributed by atoms with E-state index in [1.807, 2.05) is 0 Å². The summed E-state index contributed by atoms with van der Waals surface area (Å²) in [6, 6.07) is 0. The standard InChI is InChI=1S/C12H19N3O3S/c16-6-5-14-1-3-15(4-2-14)8-11-10(7-12(17)18)13-9-19-11/h9,16H,1-8H2,(H,17,18). The molecule has 1 aromatic heterocycles. The summed E-state index contributed by atoms with van der Waals surface area (Å²) >= 11 is 1.53. The van der Waals surface area contributed by atoms with Gasteiger partial charge in [-0.25, -0.2) is 4.98 Å². The lowest BCUT2D eigenvalue weighted by atomic mass is 10.2. The first kappa shape index (κ1) is 14.4. The Morgan fingerprint density at radius 3 is 2.63 bits per heavy atom. The predicted molar refractivity (Wildman–Crippen MR) is 72.3 cm³/mol. The number of aromatic nitrogens is 1. The second-order valence-electron chi connectivity index (χ2n) is 4.63. The van der Waals surface area contributed by atoms with Crippen LogP contribution in [0, 0.1) is 0 Å². The summed E-state index contributed by atoms with van der Waals surface area (Å²) in [5, 5.41) is 17.7. The van der Waals surface area contributed by atoms with Crippen LogP contribution < -0.4 is 0 Å². The third kappa shape index (κ3) is 4.24. The average Bonchev–Trinajstić information content (AvgIpc) is 2.79. The lowest BCUT2D eigenvalue weighted by Crippen LogP contribution is -2.46. The molecule has 0 spiro atoms. The van der Waals surface area contributed by atoms with Gasteiger partial charge in [0, 0.05) is 44.1 Å². The van der Waals surface area contributed by atoms with Gasteiger partial charge in [0.25, 0.3) is 0 Å². The largest absolute Gasteiger partial charge is 0.481 e. The summed E-state index contributed by atoms with van der Waals surface area (Å²) in [6.45, 7) is 5.52. The number of carboxylic acids is 1. The van der Waals surface area contributed by atoms with Crippen molar-refractivity contribution in [2.45, 2.75) is 13.0 Å². The Hall–Kier alpha value is -1.02. The van der Waals surface area contributed by atoms with Crippen molar-refractivity contribution < 1.29 is 15.0 Å². The van der Waals surface area contributed by atoms with Gasteiger partial charge in [0.15, 0.2) is 0 Å². The highest BCUT2D eigenvalue weighted by atomic mass is 32.1. The summed E-state index contributed by atoms with van der Waals surface area (Å²) in [5.41, 5.74) is 2.41. The molecule has 1 aliphatic rings. The molecule has 0 saturated carbocycles. The molecule has 1 saturated heterocycles. The van der Waals surface area contributed by atoms with Crippen LogP contribution in [0.15, 0.2) is 5.51 Å². The molecule has 0 radical (unpaired) electrons. The highest BCUT2D eigenvalue weighted by Crippen LogP contribution is 2.17. The minimum atomic E-state index is -0.833. The number of thiazole rings is 1. The molecule has 1 aromatic rings. The molecule has 6 nitrogen and oxygen atoms in total. The third-order valence-electron chi connectivity index (χ3n) is 3.29. The van der Waals surface area contributed by atoms with Gasteiger partial charge in [-0.05, 0) is 0 Å². The molecule has 1 fully saturated rings. The molecule has 0 aromatic carbocycles. The van der Waals surface area contributed by atoms with Crippen molar-refractivity contribution in [3.63, 3.8) is 0 Å². The van der Waals surface area contributed by atoms with Crippen LogP contribution in [-0.4, -0.2) is 70.3 Å². The normalized spacial score (nSPS) is 17.7. The first-order valence-electron chi connectivity index (χ1n) is 6.37. The number of carbonyl (C=O) groups is 1. The second-order valence-corrected chi connectivity index (χ2v) is 5.57. The summed E-state index contributed by atoms with van der Waals surface area (Å²) in [4.78, 5) is 20.5. The Labute approximate surface area is 116 Å². The van der Waals surface area contributed by atoms with Crippen molar-refractivity contribution in [3.05, 3.63) is 16.1 Å². The number of hydrogen-bond donors (Lipinski definition) is 2. The van der Waals surface area contributed by atoms with E-state index in [1.165, 1.54) is 11.3 Å². The van der Waals surface area contributed by atoms with Crippen LogP contribution in [0.2, 0.25) is 0 Å². The fourth-order valence-corrected chi connectivity index (χ4v) is 3.05. The van der Waals surface area contributed by atoms with Gasteiger partial charge in [-0.1, -0.05) is 0 Å². The Balaban J connectivity index is 1.85. The molecule has 19 heavy (non-hydrogen) atoms. The minimum absolute atomic E-state index is 0.00328. The minimum Gasteiger partial charge on any atom is -0.481 e. The fourth-order valence-electron chi connectivity index (χ4n) is 2.23. The first-order valence-corrected chi connectivity index (χ1v) is 7.25. The lowest BCUT2D eigenvalue weighted by molar-refractivity contribution is -0.136. The van der Waals surface area contributed by atoms with Gasteiger partial charge < -0.3 is 10.2 Å². The monoisotopic (exact) mass is 285 g/mol. The number of hydrogen-bond acceptors (Lipinski definition) is 6. The van der Waals surface area contributed by atoms with Crippen LogP contribution in [-0.2, 0) is 17.8 Å². The van der Waals surface area contributed by atoms with Crippen molar-refractivity contribution in [2.75, 3.05) is 39.3 Å². The van der Waals surface area contributed by atoms with Gasteiger partial charge in [-0.2, -0.15) is 0 Å². The van der Waals surface area contributed by atoms with E-state index < -0.39 is 5.97 Å².